The van der Waals surface area contributed by atoms with Crippen molar-refractivity contribution in [2.24, 2.45) is 0 Å². The number of unbranched alkanes of at least 4 members (excludes halogenated alkanes) is 3. The SMILES string of the molecule is CCCCCCN(CCO)S(=O)(=O)c1ccc(Br)cc1F. The van der Waals surface area contributed by atoms with Crippen LogP contribution in [-0.4, -0.2) is 37.5 Å². The van der Waals surface area contributed by atoms with Crippen LogP contribution in [0.1, 0.15) is 32.6 Å². The molecule has 0 amide bonds. The molecule has 7 heteroatoms. The molecule has 0 spiro atoms. The maximum absolute atomic E-state index is 13.9. The quantitative estimate of drug-likeness (QED) is 0.668. The molecule has 0 saturated heterocycles. The summed E-state index contributed by atoms with van der Waals surface area (Å²) in [5.41, 5.74) is 0. The molecule has 1 aromatic rings. The summed E-state index contributed by atoms with van der Waals surface area (Å²) in [6.07, 6.45) is 3.69. The van der Waals surface area contributed by atoms with Crippen molar-refractivity contribution >= 4 is 26.0 Å². The minimum absolute atomic E-state index is 0.0238. The molecule has 0 bridgehead atoms. The van der Waals surface area contributed by atoms with Crippen molar-refractivity contribution in [3.05, 3.63) is 28.5 Å². The Morgan fingerprint density at radius 3 is 2.52 bits per heavy atom. The van der Waals surface area contributed by atoms with Gasteiger partial charge < -0.3 is 5.11 Å². The summed E-state index contributed by atoms with van der Waals surface area (Å²) in [4.78, 5) is -0.352. The summed E-state index contributed by atoms with van der Waals surface area (Å²) < 4.78 is 40.5. The molecule has 0 unspecified atom stereocenters. The normalized spacial score (nSPS) is 12.0. The van der Waals surface area contributed by atoms with E-state index in [1.54, 1.807) is 0 Å². The fourth-order valence-electron chi connectivity index (χ4n) is 2.00. The van der Waals surface area contributed by atoms with Crippen LogP contribution in [0.25, 0.3) is 0 Å². The molecule has 0 atom stereocenters. The molecular formula is C14H21BrFNO3S. The summed E-state index contributed by atoms with van der Waals surface area (Å²) in [7, 11) is -3.92. The minimum atomic E-state index is -3.92. The van der Waals surface area contributed by atoms with Crippen molar-refractivity contribution in [3.63, 3.8) is 0 Å². The highest BCUT2D eigenvalue weighted by Crippen LogP contribution is 2.23. The number of benzene rings is 1. The third kappa shape index (κ3) is 5.32. The van der Waals surface area contributed by atoms with E-state index in [-0.39, 0.29) is 18.0 Å². The predicted molar refractivity (Wildman–Crippen MR) is 84.1 cm³/mol. The van der Waals surface area contributed by atoms with E-state index in [4.69, 9.17) is 5.11 Å². The second-order valence-corrected chi connectivity index (χ2v) is 7.59. The largest absolute Gasteiger partial charge is 0.395 e. The van der Waals surface area contributed by atoms with Crippen LogP contribution in [0.4, 0.5) is 4.39 Å². The van der Waals surface area contributed by atoms with Gasteiger partial charge in [-0.25, -0.2) is 12.8 Å². The van der Waals surface area contributed by atoms with Crippen molar-refractivity contribution in [1.82, 2.24) is 4.31 Å². The average molecular weight is 382 g/mol. The first kappa shape index (κ1) is 18.5. The van der Waals surface area contributed by atoms with Crippen LogP contribution in [0.15, 0.2) is 27.6 Å². The molecule has 0 aromatic heterocycles. The molecular weight excluding hydrogens is 361 g/mol. The lowest BCUT2D eigenvalue weighted by atomic mass is 10.2. The van der Waals surface area contributed by atoms with Crippen molar-refractivity contribution < 1.29 is 17.9 Å². The highest BCUT2D eigenvalue weighted by molar-refractivity contribution is 9.10. The van der Waals surface area contributed by atoms with Gasteiger partial charge in [-0.15, -0.1) is 0 Å². The molecule has 0 radical (unpaired) electrons. The number of aliphatic hydroxyl groups is 1. The van der Waals surface area contributed by atoms with Gasteiger partial charge in [0, 0.05) is 17.6 Å². The van der Waals surface area contributed by atoms with Gasteiger partial charge in [0.05, 0.1) is 6.61 Å². The summed E-state index contributed by atoms with van der Waals surface area (Å²) in [6.45, 7) is 2.05. The fourth-order valence-corrected chi connectivity index (χ4v) is 3.85. The highest BCUT2D eigenvalue weighted by Gasteiger charge is 2.26. The van der Waals surface area contributed by atoms with Crippen molar-refractivity contribution in [2.45, 2.75) is 37.5 Å². The first-order valence-corrected chi connectivity index (χ1v) is 9.22. The van der Waals surface area contributed by atoms with Gasteiger partial charge in [0.15, 0.2) is 0 Å². The Labute approximate surface area is 134 Å². The second kappa shape index (κ2) is 8.82. The zero-order valence-electron chi connectivity index (χ0n) is 12.1. The molecule has 0 aliphatic heterocycles. The number of sulfonamides is 1. The Morgan fingerprint density at radius 2 is 1.95 bits per heavy atom. The minimum Gasteiger partial charge on any atom is -0.395 e. The maximum Gasteiger partial charge on any atom is 0.246 e. The number of nitrogens with zero attached hydrogens (tertiary/aromatic N) is 1. The summed E-state index contributed by atoms with van der Waals surface area (Å²) in [6, 6.07) is 3.86. The lowest BCUT2D eigenvalue weighted by Crippen LogP contribution is -2.35. The van der Waals surface area contributed by atoms with Crippen LogP contribution in [0.2, 0.25) is 0 Å². The Hall–Kier alpha value is -0.500. The van der Waals surface area contributed by atoms with E-state index < -0.39 is 15.8 Å². The standard InChI is InChI=1S/C14H21BrFNO3S/c1-2-3-4-5-8-17(9-10-18)21(19,20)14-7-6-12(15)11-13(14)16/h6-7,11,18H,2-5,8-10H2,1H3. The number of hydrogen-bond donors (Lipinski definition) is 1. The molecule has 0 saturated carbocycles. The fraction of sp³-hybridized carbons (Fsp3) is 0.571. The van der Waals surface area contributed by atoms with E-state index in [1.807, 2.05) is 0 Å². The zero-order valence-corrected chi connectivity index (χ0v) is 14.5. The molecule has 120 valence electrons. The van der Waals surface area contributed by atoms with Gasteiger partial charge in [-0.2, -0.15) is 4.31 Å². The van der Waals surface area contributed by atoms with Gasteiger partial charge in [0.2, 0.25) is 10.0 Å². The zero-order chi connectivity index (χ0) is 15.9. The van der Waals surface area contributed by atoms with Crippen LogP contribution in [0.5, 0.6) is 0 Å². The summed E-state index contributed by atoms with van der Waals surface area (Å²) >= 11 is 3.10. The molecule has 0 heterocycles. The first-order chi connectivity index (χ1) is 9.93. The van der Waals surface area contributed by atoms with Gasteiger partial charge in [0.25, 0.3) is 0 Å². The molecule has 0 aliphatic carbocycles. The Bertz CT molecular complexity index is 551. The second-order valence-electron chi connectivity index (χ2n) is 4.76. The van der Waals surface area contributed by atoms with Gasteiger partial charge in [-0.05, 0) is 24.6 Å². The van der Waals surface area contributed by atoms with E-state index >= 15 is 0 Å². The van der Waals surface area contributed by atoms with Gasteiger partial charge in [0.1, 0.15) is 10.7 Å². The van der Waals surface area contributed by atoms with E-state index in [2.05, 4.69) is 22.9 Å². The maximum atomic E-state index is 13.9. The lowest BCUT2D eigenvalue weighted by Gasteiger charge is -2.21. The summed E-state index contributed by atoms with van der Waals surface area (Å²) in [5.74, 6) is -0.791. The third-order valence-corrected chi connectivity index (χ3v) is 5.55. The molecule has 0 aliphatic rings. The van der Waals surface area contributed by atoms with Crippen molar-refractivity contribution in [3.8, 4) is 0 Å². The van der Waals surface area contributed by atoms with E-state index in [9.17, 15) is 12.8 Å². The Morgan fingerprint density at radius 1 is 1.24 bits per heavy atom. The van der Waals surface area contributed by atoms with E-state index in [1.165, 1.54) is 12.1 Å². The topological polar surface area (TPSA) is 57.6 Å². The van der Waals surface area contributed by atoms with Gasteiger partial charge in [-0.1, -0.05) is 42.1 Å². The number of aliphatic hydroxyl groups excluding tert-OH is 1. The Kier molecular flexibility index (Phi) is 7.79. The number of rotatable bonds is 9. The van der Waals surface area contributed by atoms with Crippen molar-refractivity contribution in [2.75, 3.05) is 19.7 Å². The Balaban J connectivity index is 2.93. The molecule has 21 heavy (non-hydrogen) atoms. The number of halogens is 2. The third-order valence-electron chi connectivity index (χ3n) is 3.12. The summed E-state index contributed by atoms with van der Waals surface area (Å²) in [5, 5.41) is 9.06. The molecule has 0 fully saturated rings. The van der Waals surface area contributed by atoms with Crippen LogP contribution in [0, 0.1) is 5.82 Å². The smallest absolute Gasteiger partial charge is 0.246 e. The predicted octanol–water partition coefficient (Wildman–Crippen LogP) is 3.15. The van der Waals surface area contributed by atoms with E-state index in [0.717, 1.165) is 29.6 Å². The molecule has 1 aromatic carbocycles. The van der Waals surface area contributed by atoms with Crippen LogP contribution in [0.3, 0.4) is 0 Å². The molecule has 1 rings (SSSR count). The van der Waals surface area contributed by atoms with Gasteiger partial charge in [-0.3, -0.25) is 0 Å². The van der Waals surface area contributed by atoms with Crippen molar-refractivity contribution in [1.29, 1.82) is 0 Å². The van der Waals surface area contributed by atoms with Crippen LogP contribution in [-0.2, 0) is 10.0 Å². The first-order valence-electron chi connectivity index (χ1n) is 6.99. The number of hydrogen-bond acceptors (Lipinski definition) is 3. The highest BCUT2D eigenvalue weighted by atomic mass is 79.9. The monoisotopic (exact) mass is 381 g/mol. The van der Waals surface area contributed by atoms with Crippen LogP contribution >= 0.6 is 15.9 Å². The van der Waals surface area contributed by atoms with E-state index in [0.29, 0.717) is 17.4 Å². The molecule has 1 N–H and O–H groups in total. The lowest BCUT2D eigenvalue weighted by molar-refractivity contribution is 0.251. The molecule has 4 nitrogen and oxygen atoms in total. The average Bonchev–Trinajstić information content (AvgIpc) is 2.41. The van der Waals surface area contributed by atoms with Crippen LogP contribution < -0.4 is 0 Å². The van der Waals surface area contributed by atoms with Gasteiger partial charge >= 0.3 is 0 Å².